The predicted octanol–water partition coefficient (Wildman–Crippen LogP) is 1.08. The number of hydrogen-bond donors (Lipinski definition) is 1. The molecule has 0 saturated carbocycles. The highest BCUT2D eigenvalue weighted by atomic mass is 16.4. The molecule has 0 bridgehead atoms. The van der Waals surface area contributed by atoms with Gasteiger partial charge in [-0.2, -0.15) is 0 Å². The van der Waals surface area contributed by atoms with Crippen molar-refractivity contribution >= 4 is 5.97 Å². The van der Waals surface area contributed by atoms with Crippen LogP contribution in [0.15, 0.2) is 0 Å². The summed E-state index contributed by atoms with van der Waals surface area (Å²) in [4.78, 5) is 9.79. The molecule has 0 aliphatic rings. The second-order valence-electron chi connectivity index (χ2n) is 1.78. The standard InChI is InChI=1S/C5H9O2/c1-4(2)3-5(6)7/h3H2,1-2H3,(H,6,7). The summed E-state index contributed by atoms with van der Waals surface area (Å²) in [6.45, 7) is 3.60. The Balaban J connectivity index is 3.13. The van der Waals surface area contributed by atoms with E-state index in [4.69, 9.17) is 5.11 Å². The van der Waals surface area contributed by atoms with E-state index in [9.17, 15) is 4.79 Å². The molecule has 0 aliphatic carbocycles. The molecule has 0 rings (SSSR count). The molecule has 2 heteroatoms. The first-order valence-corrected chi connectivity index (χ1v) is 2.13. The molecule has 1 radical (unpaired) electrons. The number of aliphatic carboxylic acids is 1. The molecule has 0 aromatic carbocycles. The lowest BCUT2D eigenvalue weighted by Crippen LogP contribution is -1.97. The zero-order valence-corrected chi connectivity index (χ0v) is 4.56. The minimum absolute atomic E-state index is 0.194. The van der Waals surface area contributed by atoms with Gasteiger partial charge in [-0.1, -0.05) is 13.8 Å². The third kappa shape index (κ3) is 5.47. The van der Waals surface area contributed by atoms with Crippen LogP contribution in [0.4, 0.5) is 0 Å². The quantitative estimate of drug-likeness (QED) is 0.565. The Morgan fingerprint density at radius 1 is 1.57 bits per heavy atom. The van der Waals surface area contributed by atoms with Crippen LogP contribution in [0.25, 0.3) is 0 Å². The summed E-state index contributed by atoms with van der Waals surface area (Å²) < 4.78 is 0. The summed E-state index contributed by atoms with van der Waals surface area (Å²) >= 11 is 0. The Morgan fingerprint density at radius 3 is 2.00 bits per heavy atom. The molecular formula is C5H9O2. The molecule has 0 saturated heterocycles. The Hall–Kier alpha value is -0.530. The van der Waals surface area contributed by atoms with Crippen LogP contribution < -0.4 is 0 Å². The zero-order valence-electron chi connectivity index (χ0n) is 4.56. The molecule has 41 valence electrons. The van der Waals surface area contributed by atoms with Gasteiger partial charge in [-0.15, -0.1) is 0 Å². The van der Waals surface area contributed by atoms with Gasteiger partial charge in [0.25, 0.3) is 0 Å². The molecule has 0 spiro atoms. The smallest absolute Gasteiger partial charge is 0.303 e. The molecule has 2 nitrogen and oxygen atoms in total. The molecule has 0 unspecified atom stereocenters. The Kier molecular flexibility index (Phi) is 2.41. The van der Waals surface area contributed by atoms with E-state index >= 15 is 0 Å². The maximum atomic E-state index is 9.79. The van der Waals surface area contributed by atoms with Crippen molar-refractivity contribution in [1.82, 2.24) is 0 Å². The molecule has 0 heterocycles. The summed E-state index contributed by atoms with van der Waals surface area (Å²) in [5, 5.41) is 8.06. The van der Waals surface area contributed by atoms with Gasteiger partial charge < -0.3 is 5.11 Å². The normalized spacial score (nSPS) is 9.57. The molecule has 0 aromatic rings. The van der Waals surface area contributed by atoms with Crippen molar-refractivity contribution in [3.63, 3.8) is 0 Å². The summed E-state index contributed by atoms with van der Waals surface area (Å²) in [6, 6.07) is 0. The average Bonchev–Trinajstić information content (AvgIpc) is 1.27. The maximum Gasteiger partial charge on any atom is 0.303 e. The summed E-state index contributed by atoms with van der Waals surface area (Å²) in [6.07, 6.45) is 0.194. The van der Waals surface area contributed by atoms with E-state index < -0.39 is 5.97 Å². The fraction of sp³-hybridized carbons (Fsp3) is 0.600. The third-order valence-electron chi connectivity index (χ3n) is 0.505. The lowest BCUT2D eigenvalue weighted by molar-refractivity contribution is -0.136. The maximum absolute atomic E-state index is 9.79. The number of carboxylic acid groups (broad SMARTS) is 1. The average molecular weight is 101 g/mol. The molecule has 0 amide bonds. The fourth-order valence-corrected chi connectivity index (χ4v) is 0.302. The van der Waals surface area contributed by atoms with Crippen molar-refractivity contribution in [1.29, 1.82) is 0 Å². The number of carboxylic acids is 1. The molecule has 0 atom stereocenters. The highest BCUT2D eigenvalue weighted by molar-refractivity contribution is 5.68. The highest BCUT2D eigenvalue weighted by Crippen LogP contribution is 1.99. The van der Waals surface area contributed by atoms with Crippen molar-refractivity contribution < 1.29 is 9.90 Å². The third-order valence-corrected chi connectivity index (χ3v) is 0.505. The molecule has 0 aromatic heterocycles. The molecule has 1 N–H and O–H groups in total. The second kappa shape index (κ2) is 2.61. The van der Waals surface area contributed by atoms with Crippen molar-refractivity contribution in [2.45, 2.75) is 20.3 Å². The van der Waals surface area contributed by atoms with Crippen LogP contribution in [0.3, 0.4) is 0 Å². The largest absolute Gasteiger partial charge is 0.481 e. The van der Waals surface area contributed by atoms with Crippen molar-refractivity contribution in [3.05, 3.63) is 5.92 Å². The molecular weight excluding hydrogens is 92.1 g/mol. The summed E-state index contributed by atoms with van der Waals surface area (Å²) in [7, 11) is 0. The van der Waals surface area contributed by atoms with Gasteiger partial charge in [0.1, 0.15) is 0 Å². The van der Waals surface area contributed by atoms with Crippen molar-refractivity contribution in [2.75, 3.05) is 0 Å². The number of carbonyl (C=O) groups is 1. The summed E-state index contributed by atoms with van der Waals surface area (Å²) in [5.41, 5.74) is 0. The molecule has 0 fully saturated rings. The van der Waals surface area contributed by atoms with Crippen molar-refractivity contribution in [2.24, 2.45) is 0 Å². The van der Waals surface area contributed by atoms with Gasteiger partial charge in [0, 0.05) is 0 Å². The van der Waals surface area contributed by atoms with Crippen LogP contribution in [0, 0.1) is 5.92 Å². The van der Waals surface area contributed by atoms with Gasteiger partial charge in [-0.3, -0.25) is 4.79 Å². The van der Waals surface area contributed by atoms with Crippen LogP contribution in [0.5, 0.6) is 0 Å². The first-order valence-electron chi connectivity index (χ1n) is 2.13. The van der Waals surface area contributed by atoms with Crippen LogP contribution in [0.2, 0.25) is 0 Å². The Labute approximate surface area is 43.2 Å². The minimum Gasteiger partial charge on any atom is -0.481 e. The van der Waals surface area contributed by atoms with E-state index in [1.54, 1.807) is 13.8 Å². The van der Waals surface area contributed by atoms with E-state index in [1.807, 2.05) is 0 Å². The lowest BCUT2D eigenvalue weighted by Gasteiger charge is -1.93. The number of rotatable bonds is 2. The van der Waals surface area contributed by atoms with E-state index in [2.05, 4.69) is 0 Å². The number of hydrogen-bond acceptors (Lipinski definition) is 1. The second-order valence-corrected chi connectivity index (χ2v) is 1.78. The topological polar surface area (TPSA) is 37.3 Å². The van der Waals surface area contributed by atoms with Gasteiger partial charge in [0.15, 0.2) is 0 Å². The highest BCUT2D eigenvalue weighted by Gasteiger charge is 1.99. The van der Waals surface area contributed by atoms with E-state index in [1.165, 1.54) is 0 Å². The SMILES string of the molecule is C[C](C)CC(=O)O. The first-order chi connectivity index (χ1) is 3.13. The van der Waals surface area contributed by atoms with E-state index in [0.717, 1.165) is 5.92 Å². The molecule has 0 aliphatic heterocycles. The predicted molar refractivity (Wildman–Crippen MR) is 26.8 cm³/mol. The summed E-state index contributed by atoms with van der Waals surface area (Å²) in [5.74, 6) is 0.188. The lowest BCUT2D eigenvalue weighted by atomic mass is 10.1. The van der Waals surface area contributed by atoms with Gasteiger partial charge in [-0.25, -0.2) is 0 Å². The monoisotopic (exact) mass is 101 g/mol. The van der Waals surface area contributed by atoms with E-state index in [0.29, 0.717) is 0 Å². The van der Waals surface area contributed by atoms with Crippen LogP contribution in [-0.4, -0.2) is 11.1 Å². The minimum atomic E-state index is -0.750. The fourth-order valence-electron chi connectivity index (χ4n) is 0.302. The van der Waals surface area contributed by atoms with Gasteiger partial charge in [0.05, 0.1) is 6.42 Å². The molecule has 7 heavy (non-hydrogen) atoms. The Morgan fingerprint density at radius 2 is 2.00 bits per heavy atom. The van der Waals surface area contributed by atoms with Gasteiger partial charge >= 0.3 is 5.97 Å². The Bertz CT molecular complexity index is 66.5. The zero-order chi connectivity index (χ0) is 5.86. The van der Waals surface area contributed by atoms with Crippen LogP contribution >= 0.6 is 0 Å². The van der Waals surface area contributed by atoms with Crippen molar-refractivity contribution in [3.8, 4) is 0 Å². The van der Waals surface area contributed by atoms with Gasteiger partial charge in [-0.05, 0) is 5.92 Å². The van der Waals surface area contributed by atoms with E-state index in [-0.39, 0.29) is 6.42 Å². The van der Waals surface area contributed by atoms with Crippen LogP contribution in [-0.2, 0) is 4.79 Å². The van der Waals surface area contributed by atoms with Gasteiger partial charge in [0.2, 0.25) is 0 Å². The van der Waals surface area contributed by atoms with Crippen LogP contribution in [0.1, 0.15) is 20.3 Å². The first kappa shape index (κ1) is 6.47.